The molecular formula is C13H13IN5O2+. The van der Waals surface area contributed by atoms with Gasteiger partial charge in [0.05, 0.1) is 4.92 Å². The summed E-state index contributed by atoms with van der Waals surface area (Å²) < 4.78 is 1.80. The van der Waals surface area contributed by atoms with Crippen molar-refractivity contribution in [1.29, 1.82) is 0 Å². The highest BCUT2D eigenvalue weighted by Gasteiger charge is 2.15. The predicted molar refractivity (Wildman–Crippen MR) is 87.7 cm³/mol. The lowest BCUT2D eigenvalue weighted by Gasteiger charge is -2.11. The Kier molecular flexibility index (Phi) is 4.78. The molecule has 0 aliphatic rings. The number of anilines is 1. The molecule has 0 spiro atoms. The number of pyridine rings is 1. The molecule has 2 rings (SSSR count). The van der Waals surface area contributed by atoms with Gasteiger partial charge in [-0.05, 0) is 18.2 Å². The van der Waals surface area contributed by atoms with Crippen LogP contribution < -0.4 is 7.68 Å². The molecule has 0 radical (unpaired) electrons. The number of hydrogen-bond donors (Lipinski definition) is 0. The summed E-state index contributed by atoms with van der Waals surface area (Å²) in [6.45, 7) is 0. The van der Waals surface area contributed by atoms with Crippen LogP contribution in [0.25, 0.3) is 0 Å². The van der Waals surface area contributed by atoms with Gasteiger partial charge in [0.25, 0.3) is 5.69 Å². The van der Waals surface area contributed by atoms with E-state index in [2.05, 4.69) is 33.1 Å². The first-order valence-corrected chi connectivity index (χ1v) is 6.99. The second-order valence-corrected chi connectivity index (χ2v) is 5.55. The third-order valence-corrected chi connectivity index (χ3v) is 3.30. The van der Waals surface area contributed by atoms with Gasteiger partial charge in [0, 0.05) is 31.9 Å². The Bertz CT molecular complexity index is 703. The normalized spacial score (nSPS) is 10.8. The van der Waals surface area contributed by atoms with Gasteiger partial charge < -0.3 is 4.90 Å². The standard InChI is InChI=1S/C13H13IN5O2/c1-17(2)11-5-6-12(13(8-11)19(20)21)16-15-10-4-3-7-18(14)9-10/h3-9H,1-2H3/q+1. The number of aromatic nitrogens is 1. The van der Waals surface area contributed by atoms with Crippen LogP contribution >= 0.6 is 22.9 Å². The van der Waals surface area contributed by atoms with Crippen molar-refractivity contribution in [2.45, 2.75) is 0 Å². The number of halogens is 1. The highest BCUT2D eigenvalue weighted by atomic mass is 127. The molecule has 2 aromatic rings. The average Bonchev–Trinajstić information content (AvgIpc) is 2.44. The Balaban J connectivity index is 2.37. The molecule has 0 atom stereocenters. The van der Waals surface area contributed by atoms with Crippen molar-refractivity contribution in [2.24, 2.45) is 10.2 Å². The summed E-state index contributed by atoms with van der Waals surface area (Å²) >= 11 is 2.09. The van der Waals surface area contributed by atoms with Gasteiger partial charge in [0.2, 0.25) is 6.20 Å². The van der Waals surface area contributed by atoms with Gasteiger partial charge >= 0.3 is 22.9 Å². The maximum absolute atomic E-state index is 11.1. The molecule has 1 aromatic heterocycles. The Hall–Kier alpha value is -2.10. The van der Waals surface area contributed by atoms with Crippen molar-refractivity contribution in [2.75, 3.05) is 19.0 Å². The number of benzene rings is 1. The summed E-state index contributed by atoms with van der Waals surface area (Å²) in [7, 11) is 3.65. The molecule has 108 valence electrons. The molecule has 0 saturated carbocycles. The zero-order valence-corrected chi connectivity index (χ0v) is 13.6. The monoisotopic (exact) mass is 398 g/mol. The number of hydrogen-bond acceptors (Lipinski definition) is 5. The molecule has 0 saturated heterocycles. The number of nitro benzene ring substituents is 1. The van der Waals surface area contributed by atoms with Crippen molar-refractivity contribution < 1.29 is 7.70 Å². The number of nitrogens with zero attached hydrogens (tertiary/aromatic N) is 5. The number of nitro groups is 1. The quantitative estimate of drug-likeness (QED) is 0.342. The van der Waals surface area contributed by atoms with Crippen molar-refractivity contribution in [3.63, 3.8) is 0 Å². The molecule has 8 heteroatoms. The van der Waals surface area contributed by atoms with E-state index in [9.17, 15) is 10.1 Å². The third-order valence-electron chi connectivity index (χ3n) is 2.70. The highest BCUT2D eigenvalue weighted by Crippen LogP contribution is 2.32. The van der Waals surface area contributed by atoms with E-state index in [1.54, 1.807) is 32.1 Å². The van der Waals surface area contributed by atoms with E-state index in [-0.39, 0.29) is 11.4 Å². The Morgan fingerprint density at radius 2 is 2.05 bits per heavy atom. The topological polar surface area (TPSA) is 75.0 Å². The molecule has 0 aliphatic carbocycles. The molecule has 0 N–H and O–H groups in total. The molecule has 0 amide bonds. The minimum Gasteiger partial charge on any atom is -0.377 e. The SMILES string of the molecule is CN(C)c1ccc(N=Nc2ccc[n+](I)c2)c([N+](=O)[O-])c1. The predicted octanol–water partition coefficient (Wildman–Crippen LogP) is 3.56. The van der Waals surface area contributed by atoms with E-state index in [0.29, 0.717) is 5.69 Å². The van der Waals surface area contributed by atoms with Crippen molar-refractivity contribution in [3.05, 3.63) is 52.8 Å². The van der Waals surface area contributed by atoms with Gasteiger partial charge in [-0.15, -0.1) is 13.0 Å². The summed E-state index contributed by atoms with van der Waals surface area (Å²) in [5, 5.41) is 19.2. The first-order chi connectivity index (χ1) is 9.97. The minimum absolute atomic E-state index is 0.0665. The van der Waals surface area contributed by atoms with Gasteiger partial charge in [0.1, 0.15) is 0 Å². The molecule has 21 heavy (non-hydrogen) atoms. The van der Waals surface area contributed by atoms with Gasteiger partial charge in [-0.3, -0.25) is 10.1 Å². The molecule has 7 nitrogen and oxygen atoms in total. The molecular weight excluding hydrogens is 385 g/mol. The second-order valence-electron chi connectivity index (χ2n) is 4.43. The van der Waals surface area contributed by atoms with Gasteiger partial charge in [-0.1, -0.05) is 0 Å². The largest absolute Gasteiger partial charge is 0.377 e. The Morgan fingerprint density at radius 1 is 1.29 bits per heavy atom. The lowest BCUT2D eigenvalue weighted by Crippen LogP contribution is -2.15. The van der Waals surface area contributed by atoms with Crippen LogP contribution in [0.5, 0.6) is 0 Å². The fraction of sp³-hybridized carbons (Fsp3) is 0.154. The Morgan fingerprint density at radius 3 is 2.67 bits per heavy atom. The van der Waals surface area contributed by atoms with Crippen molar-refractivity contribution >= 4 is 45.6 Å². The molecule has 0 bridgehead atoms. The van der Waals surface area contributed by atoms with Gasteiger partial charge in [-0.2, -0.15) is 0 Å². The lowest BCUT2D eigenvalue weighted by atomic mass is 10.2. The van der Waals surface area contributed by atoms with Gasteiger partial charge in [-0.25, -0.2) is 0 Å². The Labute approximate surface area is 135 Å². The van der Waals surface area contributed by atoms with Crippen LogP contribution in [0.3, 0.4) is 0 Å². The smallest absolute Gasteiger partial charge is 0.353 e. The van der Waals surface area contributed by atoms with Crippen molar-refractivity contribution in [3.8, 4) is 0 Å². The number of azo groups is 1. The van der Waals surface area contributed by atoms with E-state index in [4.69, 9.17) is 0 Å². The average molecular weight is 398 g/mol. The summed E-state index contributed by atoms with van der Waals surface area (Å²) in [5.41, 5.74) is 1.53. The van der Waals surface area contributed by atoms with E-state index >= 15 is 0 Å². The van der Waals surface area contributed by atoms with E-state index in [1.807, 2.05) is 26.4 Å². The third kappa shape index (κ3) is 3.94. The van der Waals surface area contributed by atoms with Crippen molar-refractivity contribution in [1.82, 2.24) is 0 Å². The van der Waals surface area contributed by atoms with Crippen LogP contribution in [0, 0.1) is 10.1 Å². The van der Waals surface area contributed by atoms with Crippen LogP contribution in [-0.4, -0.2) is 19.0 Å². The molecule has 0 aliphatic heterocycles. The van der Waals surface area contributed by atoms with Gasteiger partial charge in [0.15, 0.2) is 17.6 Å². The summed E-state index contributed by atoms with van der Waals surface area (Å²) in [6.07, 6.45) is 3.62. The molecule has 1 aromatic carbocycles. The number of rotatable bonds is 4. The van der Waals surface area contributed by atoms with Crippen LogP contribution in [0.15, 0.2) is 53.0 Å². The zero-order valence-electron chi connectivity index (χ0n) is 11.5. The summed E-state index contributed by atoms with van der Waals surface area (Å²) in [5.74, 6) is 0. The minimum atomic E-state index is -0.454. The second kappa shape index (κ2) is 6.57. The molecule has 0 fully saturated rings. The van der Waals surface area contributed by atoms with Crippen LogP contribution in [0.4, 0.5) is 22.7 Å². The van der Waals surface area contributed by atoms with Crippen LogP contribution in [0.1, 0.15) is 0 Å². The highest BCUT2D eigenvalue weighted by molar-refractivity contribution is 14.1. The van der Waals surface area contributed by atoms with E-state index in [0.717, 1.165) is 5.69 Å². The zero-order chi connectivity index (χ0) is 15.4. The van der Waals surface area contributed by atoms with Crippen LogP contribution in [0.2, 0.25) is 0 Å². The van der Waals surface area contributed by atoms with E-state index in [1.165, 1.54) is 6.07 Å². The summed E-state index contributed by atoms with van der Waals surface area (Å²) in [6, 6.07) is 8.45. The molecule has 1 heterocycles. The lowest BCUT2D eigenvalue weighted by molar-refractivity contribution is -0.439. The fourth-order valence-electron chi connectivity index (χ4n) is 1.63. The summed E-state index contributed by atoms with van der Waals surface area (Å²) in [4.78, 5) is 12.5. The van der Waals surface area contributed by atoms with E-state index < -0.39 is 4.92 Å². The van der Waals surface area contributed by atoms with Crippen LogP contribution in [-0.2, 0) is 0 Å². The maximum atomic E-state index is 11.1. The molecule has 0 unspecified atom stereocenters. The first kappa shape index (κ1) is 15.3. The fourth-order valence-corrected chi connectivity index (χ4v) is 2.10. The maximum Gasteiger partial charge on any atom is 0.353 e. The first-order valence-electron chi connectivity index (χ1n) is 6.02.